The zero-order valence-electron chi connectivity index (χ0n) is 20.5. The van der Waals surface area contributed by atoms with Gasteiger partial charge in [-0.25, -0.2) is 4.39 Å². The Morgan fingerprint density at radius 1 is 0.865 bits per heavy atom. The van der Waals surface area contributed by atoms with E-state index in [2.05, 4.69) is 5.32 Å². The fourth-order valence-electron chi connectivity index (χ4n) is 4.52. The number of hydrogen-bond donors (Lipinski definition) is 2. The normalized spacial score (nSPS) is 17.1. The third-order valence-corrected chi connectivity index (χ3v) is 6.67. The van der Waals surface area contributed by atoms with Gasteiger partial charge in [-0.05, 0) is 91.8 Å². The van der Waals surface area contributed by atoms with E-state index in [4.69, 9.17) is 9.84 Å². The van der Waals surface area contributed by atoms with Gasteiger partial charge in [0.2, 0.25) is 0 Å². The van der Waals surface area contributed by atoms with Crippen LogP contribution in [-0.2, 0) is 4.79 Å². The molecule has 4 rings (SSSR count). The first-order valence-corrected chi connectivity index (χ1v) is 12.6. The molecule has 192 valence electrons. The van der Waals surface area contributed by atoms with Crippen molar-refractivity contribution in [2.45, 2.75) is 44.6 Å². The van der Waals surface area contributed by atoms with Crippen molar-refractivity contribution in [1.82, 2.24) is 5.32 Å². The van der Waals surface area contributed by atoms with Crippen LogP contribution < -0.4 is 10.1 Å². The number of benzene rings is 3. The lowest BCUT2D eigenvalue weighted by Crippen LogP contribution is -2.27. The van der Waals surface area contributed by atoms with E-state index in [-0.39, 0.29) is 29.5 Å². The topological polar surface area (TPSA) is 92.7 Å². The molecule has 6 nitrogen and oxygen atoms in total. The standard InChI is InChI=1S/C30H30FNO5/c31-25-12-6-20(7-13-25)23-3-1-4-24(19-23)29(34)32-18-2-5-28(33)21-8-14-26(15-9-21)37-27-16-10-22(11-17-27)30(35)36/h1,3-4,6-9,12-15,19,22,27H,2,5,10-11,16-18H2,(H,32,34)(H,35,36). The van der Waals surface area contributed by atoms with Crippen molar-refractivity contribution in [3.8, 4) is 16.9 Å². The molecular weight excluding hydrogens is 473 g/mol. The lowest BCUT2D eigenvalue weighted by atomic mass is 9.87. The fourth-order valence-corrected chi connectivity index (χ4v) is 4.52. The number of halogens is 1. The van der Waals surface area contributed by atoms with Crippen molar-refractivity contribution in [1.29, 1.82) is 0 Å². The minimum Gasteiger partial charge on any atom is -0.490 e. The van der Waals surface area contributed by atoms with Crippen molar-refractivity contribution < 1.29 is 28.6 Å². The number of carbonyl (C=O) groups is 3. The quantitative estimate of drug-likeness (QED) is 0.265. The van der Waals surface area contributed by atoms with Crippen molar-refractivity contribution >= 4 is 17.7 Å². The second-order valence-electron chi connectivity index (χ2n) is 9.32. The van der Waals surface area contributed by atoms with Gasteiger partial charge in [0.05, 0.1) is 12.0 Å². The number of rotatable bonds is 10. The highest BCUT2D eigenvalue weighted by Gasteiger charge is 2.26. The summed E-state index contributed by atoms with van der Waals surface area (Å²) in [7, 11) is 0. The summed E-state index contributed by atoms with van der Waals surface area (Å²) in [5.41, 5.74) is 2.73. The number of ether oxygens (including phenoxy) is 1. The number of carboxylic acid groups (broad SMARTS) is 1. The van der Waals surface area contributed by atoms with Gasteiger partial charge in [-0.15, -0.1) is 0 Å². The first-order chi connectivity index (χ1) is 17.9. The number of Topliss-reactive ketones (excluding diaryl/α,β-unsaturated/α-hetero) is 1. The Hall–Kier alpha value is -4.00. The van der Waals surface area contributed by atoms with Gasteiger partial charge in [-0.1, -0.05) is 24.3 Å². The van der Waals surface area contributed by atoms with Crippen molar-refractivity contribution in [2.75, 3.05) is 6.54 Å². The number of hydrogen-bond acceptors (Lipinski definition) is 4. The first kappa shape index (κ1) is 26.1. The van der Waals surface area contributed by atoms with Crippen LogP contribution in [0, 0.1) is 11.7 Å². The SMILES string of the molecule is O=C(CCCNC(=O)c1cccc(-c2ccc(F)cc2)c1)c1ccc(OC2CCC(C(=O)O)CC2)cc1. The largest absolute Gasteiger partial charge is 0.490 e. The number of amides is 1. The van der Waals surface area contributed by atoms with Crippen molar-refractivity contribution in [2.24, 2.45) is 5.92 Å². The predicted molar refractivity (Wildman–Crippen MR) is 138 cm³/mol. The van der Waals surface area contributed by atoms with Gasteiger partial charge in [-0.2, -0.15) is 0 Å². The molecule has 1 amide bonds. The predicted octanol–water partition coefficient (Wildman–Crippen LogP) is 5.91. The number of carboxylic acids is 1. The fraction of sp³-hybridized carbons (Fsp3) is 0.300. The molecule has 3 aromatic rings. The third kappa shape index (κ3) is 7.26. The lowest BCUT2D eigenvalue weighted by Gasteiger charge is -2.26. The molecule has 0 aliphatic heterocycles. The first-order valence-electron chi connectivity index (χ1n) is 12.6. The minimum atomic E-state index is -0.739. The summed E-state index contributed by atoms with van der Waals surface area (Å²) in [6.07, 6.45) is 3.46. The number of carbonyl (C=O) groups excluding carboxylic acids is 2. The highest BCUT2D eigenvalue weighted by atomic mass is 19.1. The molecule has 1 fully saturated rings. The summed E-state index contributed by atoms with van der Waals surface area (Å²) in [6, 6.07) is 20.2. The molecule has 0 heterocycles. The van der Waals surface area contributed by atoms with E-state index in [1.165, 1.54) is 12.1 Å². The van der Waals surface area contributed by atoms with E-state index >= 15 is 0 Å². The molecule has 1 aliphatic carbocycles. The van der Waals surface area contributed by atoms with Crippen LogP contribution in [0.2, 0.25) is 0 Å². The molecule has 0 aromatic heterocycles. The second kappa shape index (κ2) is 12.3. The Labute approximate surface area is 215 Å². The number of aliphatic carboxylic acids is 1. The molecule has 1 aliphatic rings. The van der Waals surface area contributed by atoms with Crippen molar-refractivity contribution in [3.63, 3.8) is 0 Å². The van der Waals surface area contributed by atoms with E-state index in [1.807, 2.05) is 6.07 Å². The van der Waals surface area contributed by atoms with E-state index < -0.39 is 5.97 Å². The van der Waals surface area contributed by atoms with Crippen molar-refractivity contribution in [3.05, 3.63) is 89.7 Å². The van der Waals surface area contributed by atoms with Crippen LogP contribution in [0.5, 0.6) is 5.75 Å². The molecule has 2 N–H and O–H groups in total. The summed E-state index contributed by atoms with van der Waals surface area (Å²) >= 11 is 0. The third-order valence-electron chi connectivity index (χ3n) is 6.67. The summed E-state index contributed by atoms with van der Waals surface area (Å²) < 4.78 is 19.1. The van der Waals surface area contributed by atoms with Gasteiger partial charge in [0.1, 0.15) is 11.6 Å². The minimum absolute atomic E-state index is 0.00264. The summed E-state index contributed by atoms with van der Waals surface area (Å²) in [5, 5.41) is 12.0. The van der Waals surface area contributed by atoms with E-state index in [0.29, 0.717) is 61.9 Å². The molecule has 7 heteroatoms. The van der Waals surface area contributed by atoms with Gasteiger partial charge < -0.3 is 15.2 Å². The number of ketones is 1. The van der Waals surface area contributed by atoms with Crippen LogP contribution in [0.25, 0.3) is 11.1 Å². The Morgan fingerprint density at radius 3 is 2.24 bits per heavy atom. The van der Waals surface area contributed by atoms with Crippen LogP contribution in [0.15, 0.2) is 72.8 Å². The number of nitrogens with one attached hydrogen (secondary N) is 1. The molecule has 0 spiro atoms. The molecule has 37 heavy (non-hydrogen) atoms. The maximum absolute atomic E-state index is 13.2. The Morgan fingerprint density at radius 2 is 1.57 bits per heavy atom. The molecule has 3 aromatic carbocycles. The Balaban J connectivity index is 1.20. The molecular formula is C30H30FNO5. The van der Waals surface area contributed by atoms with Gasteiger partial charge in [0.15, 0.2) is 5.78 Å². The zero-order valence-corrected chi connectivity index (χ0v) is 20.5. The van der Waals surface area contributed by atoms with Gasteiger partial charge in [-0.3, -0.25) is 14.4 Å². The van der Waals surface area contributed by atoms with Gasteiger partial charge >= 0.3 is 5.97 Å². The summed E-state index contributed by atoms with van der Waals surface area (Å²) in [5.74, 6) is -0.900. The summed E-state index contributed by atoms with van der Waals surface area (Å²) in [4.78, 5) is 36.2. The highest BCUT2D eigenvalue weighted by molar-refractivity contribution is 5.97. The molecule has 1 saturated carbocycles. The van der Waals surface area contributed by atoms with Crippen LogP contribution in [0.1, 0.15) is 59.2 Å². The maximum Gasteiger partial charge on any atom is 0.306 e. The molecule has 0 radical (unpaired) electrons. The Kier molecular flexibility index (Phi) is 8.67. The monoisotopic (exact) mass is 503 g/mol. The van der Waals surface area contributed by atoms with Crippen LogP contribution in [-0.4, -0.2) is 35.4 Å². The second-order valence-corrected chi connectivity index (χ2v) is 9.32. The molecule has 0 atom stereocenters. The van der Waals surface area contributed by atoms with Gasteiger partial charge in [0.25, 0.3) is 5.91 Å². The molecule has 0 bridgehead atoms. The van der Waals surface area contributed by atoms with Crippen LogP contribution in [0.3, 0.4) is 0 Å². The smallest absolute Gasteiger partial charge is 0.306 e. The molecule has 0 unspecified atom stereocenters. The average Bonchev–Trinajstić information content (AvgIpc) is 2.92. The maximum atomic E-state index is 13.2. The van der Waals surface area contributed by atoms with Gasteiger partial charge in [0, 0.05) is 24.1 Å². The lowest BCUT2D eigenvalue weighted by molar-refractivity contribution is -0.143. The van der Waals surface area contributed by atoms with Crippen LogP contribution in [0.4, 0.5) is 4.39 Å². The van der Waals surface area contributed by atoms with E-state index in [0.717, 1.165) is 11.1 Å². The zero-order chi connectivity index (χ0) is 26.2. The van der Waals surface area contributed by atoms with E-state index in [9.17, 15) is 18.8 Å². The Bertz CT molecular complexity index is 1230. The van der Waals surface area contributed by atoms with E-state index in [1.54, 1.807) is 54.6 Å². The van der Waals surface area contributed by atoms with Crippen LogP contribution >= 0.6 is 0 Å². The average molecular weight is 504 g/mol. The molecule has 0 saturated heterocycles. The highest BCUT2D eigenvalue weighted by Crippen LogP contribution is 2.28. The summed E-state index contributed by atoms with van der Waals surface area (Å²) in [6.45, 7) is 0.367.